The molecule has 1 aromatic heterocycles. The molecule has 1 aromatic rings. The van der Waals surface area contributed by atoms with Crippen molar-refractivity contribution in [3.8, 4) is 0 Å². The van der Waals surface area contributed by atoms with E-state index in [-0.39, 0.29) is 0 Å². The number of hydrogen-bond acceptors (Lipinski definition) is 4. The molecule has 0 spiro atoms. The summed E-state index contributed by atoms with van der Waals surface area (Å²) < 4.78 is 0. The molecular weight excluding hydrogens is 248 g/mol. The predicted octanol–water partition coefficient (Wildman–Crippen LogP) is 2.74. The molecule has 18 heavy (non-hydrogen) atoms. The molecule has 0 bridgehead atoms. The van der Waals surface area contributed by atoms with Gasteiger partial charge in [0.05, 0.1) is 5.69 Å². The van der Waals surface area contributed by atoms with E-state index in [0.29, 0.717) is 5.92 Å². The number of thiazole rings is 1. The monoisotopic (exact) mass is 268 g/mol. The minimum atomic E-state index is -0.737. The third-order valence-electron chi connectivity index (χ3n) is 3.21. The van der Waals surface area contributed by atoms with Crippen LogP contribution < -0.4 is 4.90 Å². The van der Waals surface area contributed by atoms with Crippen LogP contribution in [0.25, 0.3) is 0 Å². The maximum atomic E-state index is 11.2. The Bertz CT molecular complexity index is 442. The number of aromatic nitrogens is 1. The van der Waals surface area contributed by atoms with Crippen molar-refractivity contribution in [2.24, 2.45) is 5.92 Å². The average Bonchev–Trinajstić information content (AvgIpc) is 2.70. The first kappa shape index (κ1) is 13.3. The Morgan fingerprint density at radius 2 is 2.33 bits per heavy atom. The number of aryl methyl sites for hydroxylation is 1. The minimum absolute atomic E-state index is 0.397. The number of carboxylic acids is 1. The summed E-state index contributed by atoms with van der Waals surface area (Å²) in [5.74, 6) is -0.559. The van der Waals surface area contributed by atoms with Crippen LogP contribution in [0.1, 0.15) is 43.2 Å². The summed E-state index contributed by atoms with van der Waals surface area (Å²) in [6.45, 7) is 5.29. The van der Waals surface area contributed by atoms with Gasteiger partial charge in [-0.2, -0.15) is 0 Å². The van der Waals surface area contributed by atoms with Crippen molar-refractivity contribution in [2.75, 3.05) is 18.5 Å². The number of carboxylic acid groups (broad SMARTS) is 1. The van der Waals surface area contributed by atoms with E-state index in [0.717, 1.165) is 36.6 Å². The highest BCUT2D eigenvalue weighted by molar-refractivity contribution is 7.15. The lowest BCUT2D eigenvalue weighted by Crippen LogP contribution is -2.22. The predicted molar refractivity (Wildman–Crippen MR) is 73.5 cm³/mol. The number of anilines is 1. The molecule has 1 unspecified atom stereocenters. The lowest BCUT2D eigenvalue weighted by Gasteiger charge is -2.18. The maximum Gasteiger partial charge on any atom is 0.312 e. The van der Waals surface area contributed by atoms with E-state index in [9.17, 15) is 9.90 Å². The maximum absolute atomic E-state index is 11.2. The molecule has 100 valence electrons. The highest BCUT2D eigenvalue weighted by atomic mass is 32.1. The minimum Gasteiger partial charge on any atom is -0.481 e. The fourth-order valence-electron chi connectivity index (χ4n) is 2.44. The Balaban J connectivity index is 2.24. The first-order valence-electron chi connectivity index (χ1n) is 6.42. The molecule has 2 rings (SSSR count). The topological polar surface area (TPSA) is 53.4 Å². The highest BCUT2D eigenvalue weighted by Crippen LogP contribution is 2.37. The fraction of sp³-hybridized carbons (Fsp3) is 0.692. The molecule has 0 radical (unpaired) electrons. The molecule has 1 aliphatic carbocycles. The quantitative estimate of drug-likeness (QED) is 0.912. The Kier molecular flexibility index (Phi) is 3.90. The molecule has 0 aliphatic heterocycles. The van der Waals surface area contributed by atoms with Gasteiger partial charge in [0.2, 0.25) is 0 Å². The molecule has 1 atom stereocenters. The summed E-state index contributed by atoms with van der Waals surface area (Å²) >= 11 is 1.66. The van der Waals surface area contributed by atoms with Gasteiger partial charge in [-0.15, -0.1) is 11.3 Å². The summed E-state index contributed by atoms with van der Waals surface area (Å²) in [7, 11) is 2.03. The third kappa shape index (κ3) is 2.66. The summed E-state index contributed by atoms with van der Waals surface area (Å²) in [4.78, 5) is 19.1. The lowest BCUT2D eigenvalue weighted by atomic mass is 9.91. The Morgan fingerprint density at radius 3 is 2.94 bits per heavy atom. The number of carbonyl (C=O) groups is 1. The molecule has 5 heteroatoms. The largest absolute Gasteiger partial charge is 0.481 e. The van der Waals surface area contributed by atoms with Crippen molar-refractivity contribution >= 4 is 22.4 Å². The fourth-order valence-corrected chi connectivity index (χ4v) is 3.57. The number of fused-ring (bicyclic) bond motifs is 1. The van der Waals surface area contributed by atoms with Crippen molar-refractivity contribution in [3.05, 3.63) is 10.6 Å². The van der Waals surface area contributed by atoms with Crippen LogP contribution in [-0.4, -0.2) is 29.7 Å². The molecule has 1 heterocycles. The lowest BCUT2D eigenvalue weighted by molar-refractivity contribution is -0.139. The van der Waals surface area contributed by atoms with E-state index in [4.69, 9.17) is 0 Å². The molecule has 0 aromatic carbocycles. The number of rotatable bonds is 4. The summed E-state index contributed by atoms with van der Waals surface area (Å²) in [5.41, 5.74) is 0.810. The number of nitrogens with zero attached hydrogens (tertiary/aromatic N) is 2. The van der Waals surface area contributed by atoms with Gasteiger partial charge in [-0.3, -0.25) is 4.79 Å². The van der Waals surface area contributed by atoms with E-state index in [2.05, 4.69) is 23.7 Å². The van der Waals surface area contributed by atoms with E-state index in [1.807, 2.05) is 7.05 Å². The van der Waals surface area contributed by atoms with Crippen molar-refractivity contribution < 1.29 is 9.90 Å². The van der Waals surface area contributed by atoms with Crippen LogP contribution in [0, 0.1) is 5.92 Å². The number of aliphatic carboxylic acids is 1. The van der Waals surface area contributed by atoms with Gasteiger partial charge in [0.1, 0.15) is 5.92 Å². The zero-order valence-corrected chi connectivity index (χ0v) is 12.0. The standard InChI is InChI=1S/C13H20N2O2S/c1-8(2)7-15(3)13-14-11-9(12(16)17)5-4-6-10(11)18-13/h8-9H,4-7H2,1-3H3,(H,16,17). The normalized spacial score (nSPS) is 18.8. The van der Waals surface area contributed by atoms with Crippen LogP contribution in [-0.2, 0) is 11.2 Å². The zero-order valence-electron chi connectivity index (χ0n) is 11.1. The van der Waals surface area contributed by atoms with Gasteiger partial charge < -0.3 is 10.0 Å². The Labute approximate surface area is 112 Å². The van der Waals surface area contributed by atoms with Gasteiger partial charge in [-0.1, -0.05) is 13.8 Å². The van der Waals surface area contributed by atoms with E-state index in [1.54, 1.807) is 11.3 Å². The second-order valence-corrected chi connectivity index (χ2v) is 6.42. The third-order valence-corrected chi connectivity index (χ3v) is 4.45. The summed E-state index contributed by atoms with van der Waals surface area (Å²) in [5, 5.41) is 10.2. The Morgan fingerprint density at radius 1 is 1.61 bits per heavy atom. The zero-order chi connectivity index (χ0) is 13.3. The molecule has 0 fully saturated rings. The molecule has 1 N–H and O–H groups in total. The average molecular weight is 268 g/mol. The van der Waals surface area contributed by atoms with Crippen molar-refractivity contribution in [1.29, 1.82) is 0 Å². The van der Waals surface area contributed by atoms with Crippen LogP contribution in [0.15, 0.2) is 0 Å². The van der Waals surface area contributed by atoms with Crippen LogP contribution in [0.3, 0.4) is 0 Å². The second kappa shape index (κ2) is 5.26. The molecule has 0 saturated heterocycles. The van der Waals surface area contributed by atoms with Gasteiger partial charge in [-0.05, 0) is 25.2 Å². The Hall–Kier alpha value is -1.10. The molecule has 0 amide bonds. The van der Waals surface area contributed by atoms with Gasteiger partial charge in [0.15, 0.2) is 5.13 Å². The van der Waals surface area contributed by atoms with Crippen molar-refractivity contribution in [3.63, 3.8) is 0 Å². The second-order valence-electron chi connectivity index (χ2n) is 5.36. The number of hydrogen-bond donors (Lipinski definition) is 1. The summed E-state index contributed by atoms with van der Waals surface area (Å²) in [6, 6.07) is 0. The van der Waals surface area contributed by atoms with E-state index >= 15 is 0 Å². The summed E-state index contributed by atoms with van der Waals surface area (Å²) in [6.07, 6.45) is 2.66. The van der Waals surface area contributed by atoms with Gasteiger partial charge in [0, 0.05) is 18.5 Å². The van der Waals surface area contributed by atoms with Gasteiger partial charge >= 0.3 is 5.97 Å². The smallest absolute Gasteiger partial charge is 0.312 e. The van der Waals surface area contributed by atoms with Gasteiger partial charge in [-0.25, -0.2) is 4.98 Å². The molecule has 0 saturated carbocycles. The van der Waals surface area contributed by atoms with E-state index in [1.165, 1.54) is 4.88 Å². The first-order valence-corrected chi connectivity index (χ1v) is 7.24. The molecular formula is C13H20N2O2S. The van der Waals surface area contributed by atoms with Crippen molar-refractivity contribution in [1.82, 2.24) is 4.98 Å². The first-order chi connectivity index (χ1) is 8.49. The SMILES string of the molecule is CC(C)CN(C)c1nc2c(s1)CCCC2C(=O)O. The van der Waals surface area contributed by atoms with Crippen molar-refractivity contribution in [2.45, 2.75) is 39.0 Å². The van der Waals surface area contributed by atoms with E-state index < -0.39 is 11.9 Å². The van der Waals surface area contributed by atoms with Gasteiger partial charge in [0.25, 0.3) is 0 Å². The molecule has 4 nitrogen and oxygen atoms in total. The van der Waals surface area contributed by atoms with Crippen LogP contribution in [0.2, 0.25) is 0 Å². The van der Waals surface area contributed by atoms with Crippen LogP contribution in [0.5, 0.6) is 0 Å². The van der Waals surface area contributed by atoms with Crippen LogP contribution >= 0.6 is 11.3 Å². The molecule has 1 aliphatic rings. The highest BCUT2D eigenvalue weighted by Gasteiger charge is 2.30. The van der Waals surface area contributed by atoms with Crippen LogP contribution in [0.4, 0.5) is 5.13 Å².